The topological polar surface area (TPSA) is 15.3 Å². The largest absolute Gasteiger partial charge is 0.314 e. The molecule has 0 aromatic heterocycles. The first-order valence-electron chi connectivity index (χ1n) is 8.42. The van der Waals surface area contributed by atoms with E-state index in [9.17, 15) is 0 Å². The van der Waals surface area contributed by atoms with Crippen molar-refractivity contribution in [3.63, 3.8) is 0 Å². The lowest BCUT2D eigenvalue weighted by Gasteiger charge is -2.25. The number of nitrogens with one attached hydrogen (secondary N) is 1. The Balaban J connectivity index is 3.63. The van der Waals surface area contributed by atoms with Gasteiger partial charge in [-0.3, -0.25) is 0 Å². The Morgan fingerprint density at radius 3 is 3.25 bits per heavy atom. The van der Waals surface area contributed by atoms with Crippen LogP contribution in [0.2, 0.25) is 0 Å². The van der Waals surface area contributed by atoms with Crippen LogP contribution in [0.15, 0.2) is 0 Å². The van der Waals surface area contributed by atoms with Crippen LogP contribution in [0, 0.1) is 0 Å². The highest BCUT2D eigenvalue weighted by atomic mass is 15.2. The van der Waals surface area contributed by atoms with Crippen LogP contribution in [0.1, 0.15) is 24.7 Å². The van der Waals surface area contributed by atoms with Crippen LogP contribution >= 0.6 is 0 Å². The summed E-state index contributed by atoms with van der Waals surface area (Å²) >= 11 is 0. The van der Waals surface area contributed by atoms with E-state index in [0.717, 1.165) is 0 Å². The average Bonchev–Trinajstić information content (AvgIpc) is 2.09. The number of likely N-dealkylation sites (N-methyl/N-ethyl adjacent to an activating group) is 1. The van der Waals surface area contributed by atoms with Crippen molar-refractivity contribution in [1.82, 2.24) is 10.2 Å². The second-order valence-corrected chi connectivity index (χ2v) is 1.05. The average molecular weight is 127 g/mol. The Labute approximate surface area is 69.1 Å². The van der Waals surface area contributed by atoms with Crippen molar-refractivity contribution in [2.75, 3.05) is 32.5 Å². The molecule has 0 saturated carbocycles. The van der Waals surface area contributed by atoms with Crippen LogP contribution in [-0.2, 0) is 0 Å². The van der Waals surface area contributed by atoms with Gasteiger partial charge in [0.15, 0.2) is 0 Å². The summed E-state index contributed by atoms with van der Waals surface area (Å²) in [5.74, 6) is 0. The van der Waals surface area contributed by atoms with Crippen LogP contribution in [0.25, 0.3) is 0 Å². The molecule has 0 atom stereocenters. The van der Waals surface area contributed by atoms with Crippen LogP contribution in [0.4, 0.5) is 0 Å². The van der Waals surface area contributed by atoms with Gasteiger partial charge in [0.25, 0.3) is 0 Å². The molecular formula is C6H14N2. The number of hydrogen-bond acceptors (Lipinski definition) is 2. The molecule has 0 unspecified atom stereocenters. The maximum Gasteiger partial charge on any atom is 0.0444 e. The highest BCUT2D eigenvalue weighted by Gasteiger charge is 2.04. The van der Waals surface area contributed by atoms with E-state index < -0.39 is 44.2 Å². The molecule has 1 aliphatic heterocycles. The fourth-order valence-electron chi connectivity index (χ4n) is 0.283. The molecule has 1 fully saturated rings. The third-order valence-electron chi connectivity index (χ3n) is 0.572. The van der Waals surface area contributed by atoms with E-state index in [0.29, 0.717) is 0 Å². The number of nitrogens with zero attached hydrogens (tertiary/aromatic N) is 1. The Kier molecular flexibility index (Phi) is 0.330. The molecule has 2 nitrogen and oxygen atoms in total. The van der Waals surface area contributed by atoms with Gasteiger partial charge in [0.05, 0.1) is 0 Å². The van der Waals surface area contributed by atoms with Gasteiger partial charge in [0.2, 0.25) is 0 Å². The smallest absolute Gasteiger partial charge is 0.0444 e. The Morgan fingerprint density at radius 1 is 1.88 bits per heavy atom. The predicted octanol–water partition coefficient (Wildman–Crippen LogP) is -0.0885. The second-order valence-electron chi connectivity index (χ2n) is 1.05. The Hall–Kier alpha value is -0.0800. The predicted molar refractivity (Wildman–Crippen MR) is 35.0 cm³/mol. The second kappa shape index (κ2) is 3.05. The lowest BCUT2D eigenvalue weighted by Crippen LogP contribution is -2.43. The highest BCUT2D eigenvalue weighted by molar-refractivity contribution is 4.64. The van der Waals surface area contributed by atoms with Gasteiger partial charge >= 0.3 is 0 Å². The van der Waals surface area contributed by atoms with E-state index in [4.69, 9.17) is 17.8 Å². The van der Waals surface area contributed by atoms with E-state index >= 15 is 0 Å². The molecule has 1 saturated heterocycles. The first kappa shape index (κ1) is 0.867. The van der Waals surface area contributed by atoms with Crippen molar-refractivity contribution in [2.24, 2.45) is 0 Å². The minimum Gasteiger partial charge on any atom is -0.314 e. The summed E-state index contributed by atoms with van der Waals surface area (Å²) in [7, 11) is 0. The third kappa shape index (κ3) is 1.46. The van der Waals surface area contributed by atoms with Gasteiger partial charge in [-0.1, -0.05) is 6.85 Å². The molecule has 0 radical (unpaired) electrons. The van der Waals surface area contributed by atoms with E-state index in [1.165, 1.54) is 5.32 Å². The summed E-state index contributed by atoms with van der Waals surface area (Å²) in [4.78, 5) is -0.531. The summed E-state index contributed by atoms with van der Waals surface area (Å²) in [6.45, 7) is -20.6. The molecule has 0 amide bonds. The van der Waals surface area contributed by atoms with Gasteiger partial charge < -0.3 is 10.2 Å². The fourth-order valence-corrected chi connectivity index (χ4v) is 0.283. The first-order valence-corrected chi connectivity index (χ1v) is 1.92. The van der Waals surface area contributed by atoms with Gasteiger partial charge in [-0.15, -0.1) is 0 Å². The van der Waals surface area contributed by atoms with Crippen LogP contribution in [-0.4, -0.2) is 37.4 Å². The van der Waals surface area contributed by atoms with E-state index in [1.807, 2.05) is 0 Å². The molecule has 1 N–H and O–H groups in total. The minimum atomic E-state index is -3.65. The highest BCUT2D eigenvalue weighted by Crippen LogP contribution is 1.88. The van der Waals surface area contributed by atoms with Crippen molar-refractivity contribution in [1.29, 1.82) is 0 Å². The standard InChI is InChI=1S/C6H14N2/c1-2-8-5-3-7-4-6-8/h7H,2-6H2,1H3/i1D3,2D2,3D2,4D2,5D2,6D2. The zero-order valence-electron chi connectivity index (χ0n) is 16.9. The summed E-state index contributed by atoms with van der Waals surface area (Å²) in [5, 5.41) is 1.49. The van der Waals surface area contributed by atoms with E-state index in [2.05, 4.69) is 0 Å². The maximum atomic E-state index is 7.61. The fraction of sp³-hybridized carbons (Fsp3) is 1.00. The van der Waals surface area contributed by atoms with Gasteiger partial charge in [0, 0.05) is 43.8 Å². The minimum absolute atomic E-state index is 0.531. The SMILES string of the molecule is [2H]C([2H])([2H])C([2H])([2H])N1C([2H])([2H])C([2H])([2H])NC([2H])([2H])C1([2H])[2H]. The molecule has 0 aromatic carbocycles. The molecular weight excluding hydrogens is 100 g/mol. The summed E-state index contributed by atoms with van der Waals surface area (Å²) < 4.78 is 96.6. The van der Waals surface area contributed by atoms with Gasteiger partial charge in [-0.05, 0) is 6.50 Å². The van der Waals surface area contributed by atoms with Crippen LogP contribution < -0.4 is 5.32 Å². The van der Waals surface area contributed by atoms with Crippen LogP contribution in [0.3, 0.4) is 0 Å². The lowest BCUT2D eigenvalue weighted by atomic mass is 10.4. The molecule has 48 valence electrons. The summed E-state index contributed by atoms with van der Waals surface area (Å²) in [6.07, 6.45) is 0. The summed E-state index contributed by atoms with van der Waals surface area (Å²) in [5.41, 5.74) is 0. The molecule has 0 bridgehead atoms. The zero-order valence-corrected chi connectivity index (χ0v) is 3.95. The van der Waals surface area contributed by atoms with Gasteiger partial charge in [-0.25, -0.2) is 0 Å². The van der Waals surface area contributed by atoms with Crippen LogP contribution in [0.5, 0.6) is 0 Å². The van der Waals surface area contributed by atoms with Crippen molar-refractivity contribution in [3.05, 3.63) is 0 Å². The molecule has 8 heavy (non-hydrogen) atoms. The van der Waals surface area contributed by atoms with Crippen molar-refractivity contribution in [3.8, 4) is 0 Å². The monoisotopic (exact) mass is 127 g/mol. The molecule has 2 heteroatoms. The molecule has 0 aromatic rings. The normalized spacial score (nSPS) is 76.2. The Bertz CT molecular complexity index is 386. The van der Waals surface area contributed by atoms with E-state index in [1.54, 1.807) is 0 Å². The molecule has 1 rings (SSSR count). The van der Waals surface area contributed by atoms with E-state index in [-0.39, 0.29) is 0 Å². The Morgan fingerprint density at radius 2 is 2.62 bits per heavy atom. The summed E-state index contributed by atoms with van der Waals surface area (Å²) in [6, 6.07) is 0. The van der Waals surface area contributed by atoms with Crippen molar-refractivity contribution in [2.45, 2.75) is 6.85 Å². The molecule has 0 spiro atoms. The lowest BCUT2D eigenvalue weighted by molar-refractivity contribution is 0.253. The number of rotatable bonds is 1. The molecule has 1 aliphatic rings. The first-order chi connectivity index (χ1) is 8.82. The van der Waals surface area contributed by atoms with Crippen molar-refractivity contribution < 1.29 is 17.8 Å². The van der Waals surface area contributed by atoms with Gasteiger partial charge in [-0.2, -0.15) is 0 Å². The maximum absolute atomic E-state index is 7.61. The molecule has 0 aliphatic carbocycles. The zero-order chi connectivity index (χ0) is 17.3. The number of hydrogen-bond donors (Lipinski definition) is 1. The van der Waals surface area contributed by atoms with Crippen molar-refractivity contribution >= 4 is 0 Å². The quantitative estimate of drug-likeness (QED) is 0.530. The number of piperazine rings is 1. The third-order valence-corrected chi connectivity index (χ3v) is 0.572. The van der Waals surface area contributed by atoms with Gasteiger partial charge in [0.1, 0.15) is 0 Å². The molecule has 1 heterocycles.